The Labute approximate surface area is 158 Å². The molecule has 6 nitrogen and oxygen atoms in total. The van der Waals surface area contributed by atoms with Gasteiger partial charge in [0.05, 0.1) is 5.75 Å². The number of carbonyl (C=O) groups is 2. The first-order valence-electron chi connectivity index (χ1n) is 9.27. The van der Waals surface area contributed by atoms with Crippen LogP contribution in [0.25, 0.3) is 0 Å². The Balaban J connectivity index is 1.36. The third-order valence-corrected chi connectivity index (χ3v) is 7.05. The highest BCUT2D eigenvalue weighted by atomic mass is 32.2. The van der Waals surface area contributed by atoms with Crippen molar-refractivity contribution in [3.8, 4) is 0 Å². The molecule has 26 heavy (non-hydrogen) atoms. The molecule has 1 aromatic rings. The molecule has 140 valence electrons. The summed E-state index contributed by atoms with van der Waals surface area (Å²) >= 11 is 1.70. The SMILES string of the molecule is O=C(CSCC1CC1)N1C[C@@H]2CN(Cc3ccncc3)C[C@]2(C(=O)O)C1. The number of aliphatic carboxylic acids is 1. The number of likely N-dealkylation sites (tertiary alicyclic amines) is 2. The summed E-state index contributed by atoms with van der Waals surface area (Å²) in [5, 5.41) is 9.93. The molecule has 0 radical (unpaired) electrons. The topological polar surface area (TPSA) is 73.7 Å². The average molecular weight is 375 g/mol. The smallest absolute Gasteiger partial charge is 0.313 e. The van der Waals surface area contributed by atoms with Crippen LogP contribution in [0.2, 0.25) is 0 Å². The fourth-order valence-corrected chi connectivity index (χ4v) is 5.36. The molecule has 1 N–H and O–H groups in total. The van der Waals surface area contributed by atoms with E-state index in [1.54, 1.807) is 29.1 Å². The van der Waals surface area contributed by atoms with Crippen molar-refractivity contribution in [1.29, 1.82) is 0 Å². The van der Waals surface area contributed by atoms with Crippen LogP contribution in [-0.4, -0.2) is 69.5 Å². The number of fused-ring (bicyclic) bond motifs is 1. The van der Waals surface area contributed by atoms with Crippen LogP contribution in [0.5, 0.6) is 0 Å². The van der Waals surface area contributed by atoms with Gasteiger partial charge < -0.3 is 10.0 Å². The van der Waals surface area contributed by atoms with E-state index in [-0.39, 0.29) is 11.8 Å². The molecule has 0 spiro atoms. The number of aromatic nitrogens is 1. The molecule has 2 atom stereocenters. The number of carboxylic acids is 1. The number of hydrogen-bond acceptors (Lipinski definition) is 5. The molecular formula is C19H25N3O3S. The molecule has 4 rings (SSSR count). The summed E-state index contributed by atoms with van der Waals surface area (Å²) in [6.07, 6.45) is 6.11. The van der Waals surface area contributed by atoms with Crippen LogP contribution in [-0.2, 0) is 16.1 Å². The zero-order valence-electron chi connectivity index (χ0n) is 14.8. The molecule has 1 saturated carbocycles. The molecule has 3 heterocycles. The normalized spacial score (nSPS) is 28.3. The summed E-state index contributed by atoms with van der Waals surface area (Å²) in [6, 6.07) is 3.93. The predicted molar refractivity (Wildman–Crippen MR) is 99.7 cm³/mol. The highest BCUT2D eigenvalue weighted by Gasteiger charge is 2.58. The van der Waals surface area contributed by atoms with Crippen molar-refractivity contribution in [2.75, 3.05) is 37.7 Å². The molecule has 1 aromatic heterocycles. The van der Waals surface area contributed by atoms with Gasteiger partial charge in [0.25, 0.3) is 0 Å². The standard InChI is InChI=1S/C19H25N3O3S/c23-17(11-26-10-15-1-2-15)22-9-16-8-21(7-14-3-5-20-6-4-14)12-19(16,13-22)18(24)25/h3-6,15-16H,1-2,7-13H2,(H,24,25)/t16-,19-/m0/s1. The Bertz CT molecular complexity index is 682. The van der Waals surface area contributed by atoms with E-state index in [1.807, 2.05) is 12.1 Å². The van der Waals surface area contributed by atoms with Crippen molar-refractivity contribution < 1.29 is 14.7 Å². The largest absolute Gasteiger partial charge is 0.481 e. The van der Waals surface area contributed by atoms with E-state index >= 15 is 0 Å². The van der Waals surface area contributed by atoms with Crippen molar-refractivity contribution >= 4 is 23.6 Å². The second kappa shape index (κ2) is 7.19. The lowest BCUT2D eigenvalue weighted by Crippen LogP contribution is -2.42. The second-order valence-corrected chi connectivity index (χ2v) is 8.95. The van der Waals surface area contributed by atoms with Crippen molar-refractivity contribution in [3.05, 3.63) is 30.1 Å². The number of rotatable bonds is 7. The monoisotopic (exact) mass is 375 g/mol. The minimum absolute atomic E-state index is 0.0132. The van der Waals surface area contributed by atoms with Gasteiger partial charge in [-0.2, -0.15) is 11.8 Å². The molecule has 3 aliphatic rings. The van der Waals surface area contributed by atoms with Crippen molar-refractivity contribution in [2.45, 2.75) is 19.4 Å². The van der Waals surface area contributed by atoms with Gasteiger partial charge in [0.1, 0.15) is 5.41 Å². The lowest BCUT2D eigenvalue weighted by Gasteiger charge is -2.25. The predicted octanol–water partition coefficient (Wildman–Crippen LogP) is 1.57. The van der Waals surface area contributed by atoms with Gasteiger partial charge in [-0.1, -0.05) is 0 Å². The number of nitrogens with zero attached hydrogens (tertiary/aromatic N) is 3. The molecule has 2 aliphatic heterocycles. The summed E-state index contributed by atoms with van der Waals surface area (Å²) in [6.45, 7) is 2.89. The van der Waals surface area contributed by atoms with E-state index in [0.717, 1.165) is 30.3 Å². The first-order chi connectivity index (χ1) is 12.6. The maximum absolute atomic E-state index is 12.5. The first-order valence-corrected chi connectivity index (χ1v) is 10.4. The van der Waals surface area contributed by atoms with Crippen LogP contribution in [0.1, 0.15) is 18.4 Å². The van der Waals surface area contributed by atoms with Crippen LogP contribution in [0.15, 0.2) is 24.5 Å². The van der Waals surface area contributed by atoms with Crippen LogP contribution >= 0.6 is 11.8 Å². The summed E-state index contributed by atoms with van der Waals surface area (Å²) in [5.74, 6) is 1.70. The summed E-state index contributed by atoms with van der Waals surface area (Å²) in [7, 11) is 0. The van der Waals surface area contributed by atoms with E-state index in [9.17, 15) is 14.7 Å². The van der Waals surface area contributed by atoms with E-state index in [0.29, 0.717) is 25.4 Å². The molecule has 7 heteroatoms. The number of amides is 1. The maximum atomic E-state index is 12.5. The Hall–Kier alpha value is -1.60. The number of pyridine rings is 1. The van der Waals surface area contributed by atoms with Crippen LogP contribution in [0, 0.1) is 17.3 Å². The highest BCUT2D eigenvalue weighted by Crippen LogP contribution is 2.43. The van der Waals surface area contributed by atoms with E-state index < -0.39 is 11.4 Å². The molecule has 3 fully saturated rings. The van der Waals surface area contributed by atoms with Crippen LogP contribution in [0.3, 0.4) is 0 Å². The number of carboxylic acid groups (broad SMARTS) is 1. The van der Waals surface area contributed by atoms with Gasteiger partial charge in [-0.25, -0.2) is 0 Å². The third kappa shape index (κ3) is 3.60. The lowest BCUT2D eigenvalue weighted by atomic mass is 9.81. The van der Waals surface area contributed by atoms with Gasteiger partial charge in [0, 0.05) is 51.0 Å². The van der Waals surface area contributed by atoms with Gasteiger partial charge >= 0.3 is 5.97 Å². The third-order valence-electron chi connectivity index (χ3n) is 5.89. The molecule has 1 aliphatic carbocycles. The minimum Gasteiger partial charge on any atom is -0.481 e. The van der Waals surface area contributed by atoms with Crippen LogP contribution < -0.4 is 0 Å². The minimum atomic E-state index is -0.816. The maximum Gasteiger partial charge on any atom is 0.313 e. The Morgan fingerprint density at radius 3 is 2.65 bits per heavy atom. The van der Waals surface area contributed by atoms with Crippen molar-refractivity contribution in [1.82, 2.24) is 14.8 Å². The van der Waals surface area contributed by atoms with Gasteiger partial charge in [-0.3, -0.25) is 19.5 Å². The van der Waals surface area contributed by atoms with Gasteiger partial charge in [-0.15, -0.1) is 0 Å². The van der Waals surface area contributed by atoms with Gasteiger partial charge in [0.2, 0.25) is 5.91 Å². The molecule has 0 unspecified atom stereocenters. The molecule has 0 aromatic carbocycles. The van der Waals surface area contributed by atoms with Crippen molar-refractivity contribution in [3.63, 3.8) is 0 Å². The fraction of sp³-hybridized carbons (Fsp3) is 0.632. The van der Waals surface area contributed by atoms with E-state index in [4.69, 9.17) is 0 Å². The molecule has 2 saturated heterocycles. The number of carbonyl (C=O) groups excluding carboxylic acids is 1. The van der Waals surface area contributed by atoms with E-state index in [1.165, 1.54) is 12.8 Å². The number of thioether (sulfide) groups is 1. The second-order valence-electron chi connectivity index (χ2n) is 7.92. The quantitative estimate of drug-likeness (QED) is 0.780. The summed E-state index contributed by atoms with van der Waals surface area (Å²) in [4.78, 5) is 32.6. The summed E-state index contributed by atoms with van der Waals surface area (Å²) < 4.78 is 0. The molecule has 0 bridgehead atoms. The molecular weight excluding hydrogens is 350 g/mol. The van der Waals surface area contributed by atoms with Crippen molar-refractivity contribution in [2.24, 2.45) is 17.3 Å². The van der Waals surface area contributed by atoms with Crippen LogP contribution in [0.4, 0.5) is 0 Å². The zero-order chi connectivity index (χ0) is 18.1. The highest BCUT2D eigenvalue weighted by molar-refractivity contribution is 7.99. The fourth-order valence-electron chi connectivity index (χ4n) is 4.22. The average Bonchev–Trinajstić information content (AvgIpc) is 3.26. The Morgan fingerprint density at radius 2 is 2.00 bits per heavy atom. The van der Waals surface area contributed by atoms with Gasteiger partial charge in [0.15, 0.2) is 0 Å². The van der Waals surface area contributed by atoms with E-state index in [2.05, 4.69) is 9.88 Å². The molecule has 1 amide bonds. The Morgan fingerprint density at radius 1 is 1.23 bits per heavy atom. The lowest BCUT2D eigenvalue weighted by molar-refractivity contribution is -0.149. The van der Waals surface area contributed by atoms with Gasteiger partial charge in [-0.05, 0) is 42.2 Å². The number of hydrogen-bond donors (Lipinski definition) is 1. The first kappa shape index (κ1) is 17.8. The Kier molecular flexibility index (Phi) is 4.92. The zero-order valence-corrected chi connectivity index (χ0v) is 15.7. The summed E-state index contributed by atoms with van der Waals surface area (Å²) in [5.41, 5.74) is 0.328.